The Hall–Kier alpha value is -2.92. The van der Waals surface area contributed by atoms with Crippen molar-refractivity contribution in [3.05, 3.63) is 113 Å². The lowest BCUT2D eigenvalue weighted by molar-refractivity contribution is -0.123. The van der Waals surface area contributed by atoms with Crippen LogP contribution in [-0.2, 0) is 11.3 Å². The van der Waals surface area contributed by atoms with Gasteiger partial charge >= 0.3 is 0 Å². The molecular weight excluding hydrogens is 418 g/mol. The van der Waals surface area contributed by atoms with Crippen LogP contribution in [0.4, 0.5) is 0 Å². The van der Waals surface area contributed by atoms with Crippen LogP contribution in [0.25, 0.3) is 5.57 Å². The third-order valence-electron chi connectivity index (χ3n) is 5.24. The van der Waals surface area contributed by atoms with Crippen molar-refractivity contribution in [2.75, 3.05) is 13.1 Å². The van der Waals surface area contributed by atoms with Crippen LogP contribution in [0.15, 0.2) is 91.0 Å². The van der Waals surface area contributed by atoms with Crippen molar-refractivity contribution in [3.63, 3.8) is 0 Å². The molecule has 0 aliphatic heterocycles. The van der Waals surface area contributed by atoms with Crippen LogP contribution >= 0.6 is 11.6 Å². The van der Waals surface area contributed by atoms with Gasteiger partial charge in [-0.25, -0.2) is 0 Å². The van der Waals surface area contributed by atoms with E-state index in [0.29, 0.717) is 31.1 Å². The number of halogens is 1. The molecule has 0 aliphatic carbocycles. The lowest BCUT2D eigenvalue weighted by atomic mass is 9.97. The van der Waals surface area contributed by atoms with Crippen LogP contribution in [0, 0.1) is 0 Å². The van der Waals surface area contributed by atoms with Crippen molar-refractivity contribution in [1.82, 2.24) is 10.6 Å². The number of rotatable bonds is 11. The Kier molecular flexibility index (Phi) is 9.51. The maximum Gasteiger partial charge on any atom is 0.237 e. The van der Waals surface area contributed by atoms with Gasteiger partial charge in [0.25, 0.3) is 0 Å². The Morgan fingerprint density at radius 1 is 0.906 bits per heavy atom. The van der Waals surface area contributed by atoms with Gasteiger partial charge in [-0.1, -0.05) is 96.5 Å². The molecule has 0 spiro atoms. The SMILES string of the molecule is NCCC(NCCC=C(c1ccccc1)c1ccccc1)C(=O)NCc1ccccc1Cl. The van der Waals surface area contributed by atoms with Crippen LogP contribution in [0.3, 0.4) is 0 Å². The molecule has 1 atom stereocenters. The second kappa shape index (κ2) is 12.8. The third kappa shape index (κ3) is 7.06. The molecule has 5 heteroatoms. The molecule has 4 nitrogen and oxygen atoms in total. The van der Waals surface area contributed by atoms with Crippen molar-refractivity contribution in [1.29, 1.82) is 0 Å². The molecular formula is C27H30ClN3O. The molecule has 1 unspecified atom stereocenters. The molecule has 0 bridgehead atoms. The Labute approximate surface area is 195 Å². The molecule has 32 heavy (non-hydrogen) atoms. The molecule has 3 aromatic carbocycles. The van der Waals surface area contributed by atoms with E-state index in [2.05, 4.69) is 41.0 Å². The van der Waals surface area contributed by atoms with Gasteiger partial charge in [0.1, 0.15) is 0 Å². The summed E-state index contributed by atoms with van der Waals surface area (Å²) >= 11 is 6.19. The summed E-state index contributed by atoms with van der Waals surface area (Å²) in [5.74, 6) is -0.0642. The second-order valence-corrected chi connectivity index (χ2v) is 7.94. The minimum absolute atomic E-state index is 0.0642. The molecule has 0 aliphatic rings. The zero-order valence-corrected chi connectivity index (χ0v) is 18.9. The first-order valence-electron chi connectivity index (χ1n) is 10.9. The van der Waals surface area contributed by atoms with E-state index in [4.69, 9.17) is 17.3 Å². The average Bonchev–Trinajstić information content (AvgIpc) is 2.84. The topological polar surface area (TPSA) is 67.1 Å². The molecule has 1 amide bonds. The molecule has 0 saturated heterocycles. The molecule has 3 aromatic rings. The maximum atomic E-state index is 12.7. The minimum Gasteiger partial charge on any atom is -0.351 e. The highest BCUT2D eigenvalue weighted by atomic mass is 35.5. The summed E-state index contributed by atoms with van der Waals surface area (Å²) in [6, 6.07) is 27.9. The molecule has 166 valence electrons. The maximum absolute atomic E-state index is 12.7. The third-order valence-corrected chi connectivity index (χ3v) is 5.60. The standard InChI is InChI=1S/C27H30ClN3O/c28-25-16-8-7-14-23(25)20-31-27(32)26(17-18-29)30-19-9-15-24(21-10-3-1-4-11-21)22-12-5-2-6-13-22/h1-8,10-16,26,30H,9,17-20,29H2,(H,31,32). The summed E-state index contributed by atoms with van der Waals surface area (Å²) in [7, 11) is 0. The first-order valence-corrected chi connectivity index (χ1v) is 11.3. The predicted octanol–water partition coefficient (Wildman–Crippen LogP) is 4.79. The Morgan fingerprint density at radius 3 is 2.09 bits per heavy atom. The first-order chi connectivity index (χ1) is 15.7. The monoisotopic (exact) mass is 447 g/mol. The van der Waals surface area contributed by atoms with Gasteiger partial charge in [0.15, 0.2) is 0 Å². The van der Waals surface area contributed by atoms with E-state index >= 15 is 0 Å². The lowest BCUT2D eigenvalue weighted by Gasteiger charge is -2.18. The van der Waals surface area contributed by atoms with E-state index in [0.717, 1.165) is 12.0 Å². The molecule has 0 aromatic heterocycles. The van der Waals surface area contributed by atoms with Crippen molar-refractivity contribution in [2.24, 2.45) is 5.73 Å². The molecule has 4 N–H and O–H groups in total. The number of hydrogen-bond acceptors (Lipinski definition) is 3. The summed E-state index contributed by atoms with van der Waals surface area (Å²) < 4.78 is 0. The van der Waals surface area contributed by atoms with Gasteiger partial charge in [0.05, 0.1) is 6.04 Å². The highest BCUT2D eigenvalue weighted by Crippen LogP contribution is 2.23. The largest absolute Gasteiger partial charge is 0.351 e. The quantitative estimate of drug-likeness (QED) is 0.370. The van der Waals surface area contributed by atoms with Crippen LogP contribution in [-0.4, -0.2) is 25.0 Å². The fourth-order valence-corrected chi connectivity index (χ4v) is 3.75. The molecule has 3 rings (SSSR count). The Morgan fingerprint density at radius 2 is 1.50 bits per heavy atom. The zero-order valence-electron chi connectivity index (χ0n) is 18.1. The van der Waals surface area contributed by atoms with Crippen molar-refractivity contribution >= 4 is 23.1 Å². The number of carbonyl (C=O) groups excluding carboxylic acids is 1. The van der Waals surface area contributed by atoms with Gasteiger partial charge in [0.2, 0.25) is 5.91 Å². The molecule has 0 heterocycles. The fraction of sp³-hybridized carbons (Fsp3) is 0.222. The average molecular weight is 448 g/mol. The van der Waals surface area contributed by atoms with Gasteiger partial charge in [-0.2, -0.15) is 0 Å². The zero-order chi connectivity index (χ0) is 22.6. The predicted molar refractivity (Wildman–Crippen MR) is 133 cm³/mol. The lowest BCUT2D eigenvalue weighted by Crippen LogP contribution is -2.45. The number of hydrogen-bond donors (Lipinski definition) is 3. The van der Waals surface area contributed by atoms with E-state index in [-0.39, 0.29) is 11.9 Å². The highest BCUT2D eigenvalue weighted by Gasteiger charge is 2.16. The number of benzene rings is 3. The van der Waals surface area contributed by atoms with Gasteiger partial charge in [-0.05, 0) is 54.3 Å². The van der Waals surface area contributed by atoms with E-state index in [9.17, 15) is 4.79 Å². The Balaban J connectivity index is 1.60. The summed E-state index contributed by atoms with van der Waals surface area (Å²) in [5.41, 5.74) is 10.2. The minimum atomic E-state index is -0.340. The fourth-order valence-electron chi connectivity index (χ4n) is 3.55. The summed E-state index contributed by atoms with van der Waals surface area (Å²) in [4.78, 5) is 12.7. The van der Waals surface area contributed by atoms with Gasteiger partial charge in [-0.3, -0.25) is 4.79 Å². The molecule has 0 radical (unpaired) electrons. The van der Waals surface area contributed by atoms with Gasteiger partial charge in [0, 0.05) is 11.6 Å². The Bertz CT molecular complexity index is 964. The van der Waals surface area contributed by atoms with Crippen LogP contribution in [0.1, 0.15) is 29.5 Å². The van der Waals surface area contributed by atoms with Gasteiger partial charge in [-0.15, -0.1) is 0 Å². The number of nitrogens with one attached hydrogen (secondary N) is 2. The summed E-state index contributed by atoms with van der Waals surface area (Å²) in [6.07, 6.45) is 3.58. The van der Waals surface area contributed by atoms with E-state index < -0.39 is 0 Å². The summed E-state index contributed by atoms with van der Waals surface area (Å²) in [6.45, 7) is 1.51. The van der Waals surface area contributed by atoms with Crippen molar-refractivity contribution in [3.8, 4) is 0 Å². The van der Waals surface area contributed by atoms with Crippen LogP contribution in [0.2, 0.25) is 5.02 Å². The van der Waals surface area contributed by atoms with Crippen molar-refractivity contribution in [2.45, 2.75) is 25.4 Å². The second-order valence-electron chi connectivity index (χ2n) is 7.53. The van der Waals surface area contributed by atoms with Crippen LogP contribution in [0.5, 0.6) is 0 Å². The van der Waals surface area contributed by atoms with Crippen LogP contribution < -0.4 is 16.4 Å². The van der Waals surface area contributed by atoms with E-state index in [1.165, 1.54) is 16.7 Å². The smallest absolute Gasteiger partial charge is 0.237 e. The molecule has 0 fully saturated rings. The van der Waals surface area contributed by atoms with E-state index in [1.807, 2.05) is 60.7 Å². The number of nitrogens with two attached hydrogens (primary N) is 1. The number of amides is 1. The highest BCUT2D eigenvalue weighted by molar-refractivity contribution is 6.31. The van der Waals surface area contributed by atoms with Gasteiger partial charge < -0.3 is 16.4 Å². The summed E-state index contributed by atoms with van der Waals surface area (Å²) in [5, 5.41) is 6.98. The normalized spacial score (nSPS) is 11.6. The molecule has 0 saturated carbocycles. The first kappa shape index (κ1) is 23.7. The van der Waals surface area contributed by atoms with E-state index in [1.54, 1.807) is 0 Å². The van der Waals surface area contributed by atoms with Crippen molar-refractivity contribution < 1.29 is 4.79 Å². The number of carbonyl (C=O) groups is 1.